The van der Waals surface area contributed by atoms with Gasteiger partial charge < -0.3 is 4.74 Å². The van der Waals surface area contributed by atoms with Gasteiger partial charge in [-0.15, -0.1) is 0 Å². The number of benzene rings is 2. The molecule has 34 heavy (non-hydrogen) atoms. The van der Waals surface area contributed by atoms with E-state index < -0.39 is 10.0 Å². The van der Waals surface area contributed by atoms with Gasteiger partial charge in [0.15, 0.2) is 0 Å². The second kappa shape index (κ2) is 9.25. The summed E-state index contributed by atoms with van der Waals surface area (Å²) in [5.41, 5.74) is 2.83. The first-order chi connectivity index (χ1) is 16.0. The summed E-state index contributed by atoms with van der Waals surface area (Å²) in [5.74, 6) is 2.01. The number of sulfonamides is 1. The molecule has 0 fully saturated rings. The maximum absolute atomic E-state index is 12.8. The number of anilines is 1. The van der Waals surface area contributed by atoms with Gasteiger partial charge in [-0.05, 0) is 69.7 Å². The number of rotatable bonds is 6. The Balaban J connectivity index is 1.54. The Morgan fingerprint density at radius 1 is 0.941 bits per heavy atom. The molecule has 8 nitrogen and oxygen atoms in total. The Labute approximate surface area is 207 Å². The highest BCUT2D eigenvalue weighted by Gasteiger charge is 2.20. The maximum Gasteiger partial charge on any atom is 0.263 e. The Kier molecular flexibility index (Phi) is 6.53. The summed E-state index contributed by atoms with van der Waals surface area (Å²) >= 11 is 12.1. The monoisotopic (exact) mass is 517 g/mol. The average Bonchev–Trinajstić information content (AvgIpc) is 3.10. The first kappa shape index (κ1) is 24.0. The lowest BCUT2D eigenvalue weighted by Gasteiger charge is -2.12. The van der Waals surface area contributed by atoms with Crippen LogP contribution in [0.5, 0.6) is 11.6 Å². The van der Waals surface area contributed by atoms with E-state index in [9.17, 15) is 8.42 Å². The second-order valence-electron chi connectivity index (χ2n) is 7.66. The molecule has 0 aliphatic rings. The number of imidazole rings is 1. The minimum Gasteiger partial charge on any atom is -0.439 e. The second-order valence-corrected chi connectivity index (χ2v) is 10.1. The van der Waals surface area contributed by atoms with Crippen LogP contribution in [0.4, 0.5) is 5.69 Å². The van der Waals surface area contributed by atoms with Gasteiger partial charge in [0.2, 0.25) is 5.88 Å². The summed E-state index contributed by atoms with van der Waals surface area (Å²) in [4.78, 5) is 13.0. The van der Waals surface area contributed by atoms with Crippen molar-refractivity contribution in [1.82, 2.24) is 19.5 Å². The summed E-state index contributed by atoms with van der Waals surface area (Å²) < 4.78 is 35.9. The molecule has 0 unspecified atom stereocenters. The number of halogens is 2. The summed E-state index contributed by atoms with van der Waals surface area (Å²) in [6.07, 6.45) is 1.70. The van der Waals surface area contributed by atoms with Gasteiger partial charge in [-0.25, -0.2) is 18.4 Å². The van der Waals surface area contributed by atoms with E-state index in [1.807, 2.05) is 18.4 Å². The lowest BCUT2D eigenvalue weighted by molar-refractivity contribution is 0.459. The molecule has 0 spiro atoms. The quantitative estimate of drug-likeness (QED) is 0.347. The van der Waals surface area contributed by atoms with Crippen molar-refractivity contribution in [3.05, 3.63) is 81.6 Å². The molecule has 0 aliphatic heterocycles. The summed E-state index contributed by atoms with van der Waals surface area (Å²) in [5, 5.41) is 0.438. The minimum absolute atomic E-state index is 0.0429. The van der Waals surface area contributed by atoms with Crippen LogP contribution in [0.1, 0.15) is 22.8 Å². The van der Waals surface area contributed by atoms with Crippen molar-refractivity contribution < 1.29 is 13.2 Å². The fraction of sp³-hybridized carbons (Fsp3) is 0.174. The Morgan fingerprint density at radius 2 is 1.65 bits per heavy atom. The zero-order chi connectivity index (χ0) is 24.6. The van der Waals surface area contributed by atoms with Crippen LogP contribution in [0, 0.1) is 27.7 Å². The van der Waals surface area contributed by atoms with Crippen molar-refractivity contribution in [2.75, 3.05) is 4.72 Å². The van der Waals surface area contributed by atoms with Crippen LogP contribution in [0.3, 0.4) is 0 Å². The van der Waals surface area contributed by atoms with E-state index in [1.54, 1.807) is 50.5 Å². The fourth-order valence-electron chi connectivity index (χ4n) is 3.19. The van der Waals surface area contributed by atoms with Crippen LogP contribution >= 0.6 is 23.2 Å². The number of nitrogens with one attached hydrogen (secondary N) is 1. The first-order valence-corrected chi connectivity index (χ1v) is 12.4. The van der Waals surface area contributed by atoms with Gasteiger partial charge in [0, 0.05) is 22.5 Å². The third kappa shape index (κ3) is 5.01. The highest BCUT2D eigenvalue weighted by Crippen LogP contribution is 2.30. The van der Waals surface area contributed by atoms with Crippen molar-refractivity contribution in [2.24, 2.45) is 0 Å². The van der Waals surface area contributed by atoms with Gasteiger partial charge in [-0.3, -0.25) is 9.29 Å². The predicted molar refractivity (Wildman–Crippen MR) is 132 cm³/mol. The fourth-order valence-corrected chi connectivity index (χ4v) is 5.08. The van der Waals surface area contributed by atoms with Crippen molar-refractivity contribution in [1.29, 1.82) is 0 Å². The van der Waals surface area contributed by atoms with Crippen molar-refractivity contribution in [3.63, 3.8) is 0 Å². The molecule has 0 saturated carbocycles. The largest absolute Gasteiger partial charge is 0.439 e. The van der Waals surface area contributed by atoms with Gasteiger partial charge in [-0.1, -0.05) is 23.2 Å². The lowest BCUT2D eigenvalue weighted by Crippen LogP contribution is -2.13. The normalized spacial score (nSPS) is 11.5. The Bertz CT molecular complexity index is 1490. The van der Waals surface area contributed by atoms with Gasteiger partial charge >= 0.3 is 0 Å². The van der Waals surface area contributed by atoms with Crippen LogP contribution in [-0.4, -0.2) is 27.9 Å². The van der Waals surface area contributed by atoms with Gasteiger partial charge in [0.05, 0.1) is 10.7 Å². The molecule has 1 N–H and O–H groups in total. The molecule has 2 heterocycles. The molecule has 0 radical (unpaired) electrons. The topological polar surface area (TPSA) is 99.0 Å². The average molecular weight is 518 g/mol. The molecular weight excluding hydrogens is 497 g/mol. The molecule has 0 bridgehead atoms. The van der Waals surface area contributed by atoms with Crippen LogP contribution in [0.15, 0.2) is 53.7 Å². The number of nitrogens with zero attached hydrogens (tertiary/aromatic N) is 4. The van der Waals surface area contributed by atoms with E-state index in [0.29, 0.717) is 39.5 Å². The van der Waals surface area contributed by atoms with Crippen molar-refractivity contribution in [2.45, 2.75) is 32.6 Å². The number of hydrogen-bond acceptors (Lipinski definition) is 6. The molecule has 0 atom stereocenters. The van der Waals surface area contributed by atoms with E-state index in [4.69, 9.17) is 27.9 Å². The van der Waals surface area contributed by atoms with E-state index in [0.717, 1.165) is 11.4 Å². The third-order valence-electron chi connectivity index (χ3n) is 5.13. The zero-order valence-corrected chi connectivity index (χ0v) is 21.1. The Hall–Kier alpha value is -3.14. The summed E-state index contributed by atoms with van der Waals surface area (Å²) in [6, 6.07) is 11.0. The van der Waals surface area contributed by atoms with Gasteiger partial charge in [-0.2, -0.15) is 4.98 Å². The predicted octanol–water partition coefficient (Wildman–Crippen LogP) is 5.80. The van der Waals surface area contributed by atoms with Gasteiger partial charge in [0.25, 0.3) is 10.0 Å². The molecule has 0 saturated heterocycles. The number of aryl methyl sites for hydroxylation is 3. The van der Waals surface area contributed by atoms with Crippen LogP contribution in [0.2, 0.25) is 10.0 Å². The van der Waals surface area contributed by atoms with Crippen LogP contribution in [-0.2, 0) is 10.0 Å². The molecule has 0 aliphatic carbocycles. The first-order valence-electron chi connectivity index (χ1n) is 10.2. The highest BCUT2D eigenvalue weighted by molar-refractivity contribution is 7.92. The number of ether oxygens (including phenoxy) is 1. The van der Waals surface area contributed by atoms with Gasteiger partial charge in [0.1, 0.15) is 28.6 Å². The molecule has 4 aromatic rings. The third-order valence-corrected chi connectivity index (χ3v) is 7.38. The van der Waals surface area contributed by atoms with Crippen molar-refractivity contribution in [3.8, 4) is 17.4 Å². The van der Waals surface area contributed by atoms with Crippen molar-refractivity contribution >= 4 is 38.9 Å². The molecule has 2 aromatic carbocycles. The molecular formula is C23H21Cl2N5O3S. The molecule has 11 heteroatoms. The molecule has 4 rings (SSSR count). The lowest BCUT2D eigenvalue weighted by atomic mass is 10.2. The Morgan fingerprint density at radius 3 is 2.29 bits per heavy atom. The minimum atomic E-state index is -3.91. The zero-order valence-electron chi connectivity index (χ0n) is 18.8. The summed E-state index contributed by atoms with van der Waals surface area (Å²) in [7, 11) is -3.91. The number of hydrogen-bond donors (Lipinski definition) is 1. The number of aromatic nitrogens is 4. The maximum atomic E-state index is 12.8. The van der Waals surface area contributed by atoms with E-state index >= 15 is 0 Å². The van der Waals surface area contributed by atoms with E-state index in [1.165, 1.54) is 12.1 Å². The SMILES string of the molecule is Cc1nc(Oc2ccc(NS(=O)(=O)c3cc(C)c(Cl)cc3Cl)cc2)cc(-n2cnc(C)c2C)n1. The van der Waals surface area contributed by atoms with Crippen LogP contribution < -0.4 is 9.46 Å². The molecule has 0 amide bonds. The van der Waals surface area contributed by atoms with E-state index in [2.05, 4.69) is 19.7 Å². The van der Waals surface area contributed by atoms with E-state index in [-0.39, 0.29) is 9.92 Å². The molecule has 2 aromatic heterocycles. The molecule has 176 valence electrons. The standard InChI is InChI=1S/C23H21Cl2N5O3S/c1-13-9-21(20(25)10-19(13)24)34(31,32)29-17-5-7-18(8-6-17)33-23-11-22(27-16(4)28-23)30-12-26-14(2)15(30)3/h5-12,29H,1-4H3. The van der Waals surface area contributed by atoms with Crippen LogP contribution in [0.25, 0.3) is 5.82 Å². The highest BCUT2D eigenvalue weighted by atomic mass is 35.5. The smallest absolute Gasteiger partial charge is 0.263 e. The summed E-state index contributed by atoms with van der Waals surface area (Å²) in [6.45, 7) is 7.37.